The molecule has 0 spiro atoms. The average Bonchev–Trinajstić information content (AvgIpc) is 2.42. The van der Waals surface area contributed by atoms with Gasteiger partial charge in [0.25, 0.3) is 0 Å². The van der Waals surface area contributed by atoms with Gasteiger partial charge in [-0.05, 0) is 31.8 Å². The number of carbonyl (C=O) groups is 1. The molecule has 0 radical (unpaired) electrons. The summed E-state index contributed by atoms with van der Waals surface area (Å²) < 4.78 is 0. The molecule has 0 atom stereocenters. The van der Waals surface area contributed by atoms with Crippen LogP contribution in [0, 0.1) is 11.8 Å². The Morgan fingerprint density at radius 2 is 1.72 bits per heavy atom. The summed E-state index contributed by atoms with van der Waals surface area (Å²) in [6.07, 6.45) is 12.0. The van der Waals surface area contributed by atoms with Crippen molar-refractivity contribution in [1.29, 1.82) is 0 Å². The van der Waals surface area contributed by atoms with E-state index < -0.39 is 5.97 Å². The maximum atomic E-state index is 10.3. The largest absolute Gasteiger partial charge is 0.481 e. The third-order valence-corrected chi connectivity index (χ3v) is 4.11. The van der Waals surface area contributed by atoms with E-state index in [9.17, 15) is 4.79 Å². The lowest BCUT2D eigenvalue weighted by Gasteiger charge is -2.20. The zero-order valence-electron chi connectivity index (χ0n) is 11.8. The first kappa shape index (κ1) is 15.5. The summed E-state index contributed by atoms with van der Waals surface area (Å²) in [6.45, 7) is 4.02. The molecule has 1 aliphatic carbocycles. The summed E-state index contributed by atoms with van der Waals surface area (Å²) in [4.78, 5) is 10.3. The van der Waals surface area contributed by atoms with E-state index in [-0.39, 0.29) is 5.92 Å². The number of aliphatic carboxylic acids is 1. The highest BCUT2D eigenvalue weighted by Crippen LogP contribution is 2.26. The van der Waals surface area contributed by atoms with Gasteiger partial charge in [0.15, 0.2) is 0 Å². The fraction of sp³-hybridized carbons (Fsp3) is 0.933. The SMILES string of the molecule is CCCC1CCCCC1.O=C(O)C1CCNCC1. The Hall–Kier alpha value is -0.570. The molecule has 0 amide bonds. The summed E-state index contributed by atoms with van der Waals surface area (Å²) in [5, 5.41) is 11.6. The second-order valence-electron chi connectivity index (χ2n) is 5.66. The number of rotatable bonds is 3. The molecule has 3 heteroatoms. The molecular weight excluding hydrogens is 226 g/mol. The quantitative estimate of drug-likeness (QED) is 0.812. The Labute approximate surface area is 111 Å². The van der Waals surface area contributed by atoms with Crippen molar-refractivity contribution in [2.45, 2.75) is 64.7 Å². The smallest absolute Gasteiger partial charge is 0.306 e. The number of nitrogens with one attached hydrogen (secondary N) is 1. The summed E-state index contributed by atoms with van der Waals surface area (Å²) in [5.41, 5.74) is 0. The molecule has 2 N–H and O–H groups in total. The Balaban J connectivity index is 0.000000180. The first-order chi connectivity index (χ1) is 8.74. The van der Waals surface area contributed by atoms with Gasteiger partial charge in [-0.3, -0.25) is 4.79 Å². The van der Waals surface area contributed by atoms with Gasteiger partial charge in [0, 0.05) is 0 Å². The van der Waals surface area contributed by atoms with E-state index in [4.69, 9.17) is 5.11 Å². The molecule has 0 bridgehead atoms. The van der Waals surface area contributed by atoms with Gasteiger partial charge < -0.3 is 10.4 Å². The predicted octanol–water partition coefficient (Wildman–Crippen LogP) is 3.44. The summed E-state index contributed by atoms with van der Waals surface area (Å²) >= 11 is 0. The van der Waals surface area contributed by atoms with Crippen molar-refractivity contribution in [2.24, 2.45) is 11.8 Å². The molecule has 0 aromatic carbocycles. The van der Waals surface area contributed by atoms with Crippen LogP contribution in [-0.2, 0) is 4.79 Å². The number of carboxylic acids is 1. The maximum Gasteiger partial charge on any atom is 0.306 e. The van der Waals surface area contributed by atoms with E-state index >= 15 is 0 Å². The van der Waals surface area contributed by atoms with Gasteiger partial charge in [0.1, 0.15) is 0 Å². The van der Waals surface area contributed by atoms with Crippen LogP contribution in [0.2, 0.25) is 0 Å². The number of hydrogen-bond acceptors (Lipinski definition) is 2. The zero-order chi connectivity index (χ0) is 13.2. The maximum absolute atomic E-state index is 10.3. The normalized spacial score (nSPS) is 22.1. The second-order valence-corrected chi connectivity index (χ2v) is 5.66. The lowest BCUT2D eigenvalue weighted by Crippen LogP contribution is -2.31. The molecule has 1 saturated heterocycles. The highest BCUT2D eigenvalue weighted by atomic mass is 16.4. The van der Waals surface area contributed by atoms with Crippen LogP contribution in [-0.4, -0.2) is 24.2 Å². The monoisotopic (exact) mass is 255 g/mol. The van der Waals surface area contributed by atoms with Gasteiger partial charge in [0.2, 0.25) is 0 Å². The summed E-state index contributed by atoms with van der Waals surface area (Å²) in [6, 6.07) is 0. The minimum absolute atomic E-state index is 0.0914. The molecule has 2 aliphatic rings. The lowest BCUT2D eigenvalue weighted by atomic mass is 9.86. The van der Waals surface area contributed by atoms with Crippen molar-refractivity contribution in [3.63, 3.8) is 0 Å². The molecule has 2 rings (SSSR count). The van der Waals surface area contributed by atoms with Crippen LogP contribution in [0.1, 0.15) is 64.7 Å². The minimum Gasteiger partial charge on any atom is -0.481 e. The van der Waals surface area contributed by atoms with Crippen LogP contribution in [0.3, 0.4) is 0 Å². The predicted molar refractivity (Wildman–Crippen MR) is 74.7 cm³/mol. The first-order valence-electron chi connectivity index (χ1n) is 7.67. The molecule has 1 heterocycles. The van der Waals surface area contributed by atoms with Gasteiger partial charge in [-0.25, -0.2) is 0 Å². The topological polar surface area (TPSA) is 49.3 Å². The fourth-order valence-electron chi connectivity index (χ4n) is 2.95. The van der Waals surface area contributed by atoms with Crippen LogP contribution in [0.15, 0.2) is 0 Å². The molecule has 3 nitrogen and oxygen atoms in total. The van der Waals surface area contributed by atoms with Gasteiger partial charge in [-0.1, -0.05) is 51.9 Å². The van der Waals surface area contributed by atoms with Crippen molar-refractivity contribution in [3.05, 3.63) is 0 Å². The first-order valence-corrected chi connectivity index (χ1v) is 7.67. The lowest BCUT2D eigenvalue weighted by molar-refractivity contribution is -0.142. The van der Waals surface area contributed by atoms with E-state index in [1.807, 2.05) is 0 Å². The van der Waals surface area contributed by atoms with Crippen molar-refractivity contribution < 1.29 is 9.90 Å². The highest BCUT2D eigenvalue weighted by Gasteiger charge is 2.19. The standard InChI is InChI=1S/C9H18.C6H11NO2/c1-2-6-9-7-4-3-5-8-9;8-6(9)5-1-3-7-4-2-5/h9H,2-8H2,1H3;5,7H,1-4H2,(H,8,9). The number of piperidine rings is 1. The minimum atomic E-state index is -0.642. The summed E-state index contributed by atoms with van der Waals surface area (Å²) in [5.74, 6) is 0.367. The zero-order valence-corrected chi connectivity index (χ0v) is 11.8. The van der Waals surface area contributed by atoms with E-state index in [1.54, 1.807) is 0 Å². The number of carboxylic acid groups (broad SMARTS) is 1. The third-order valence-electron chi connectivity index (χ3n) is 4.11. The molecule has 0 aromatic heterocycles. The molecule has 1 saturated carbocycles. The van der Waals surface area contributed by atoms with Gasteiger partial charge in [-0.15, -0.1) is 0 Å². The van der Waals surface area contributed by atoms with Gasteiger partial charge in [-0.2, -0.15) is 0 Å². The third kappa shape index (κ3) is 6.39. The van der Waals surface area contributed by atoms with Crippen LogP contribution < -0.4 is 5.32 Å². The molecule has 1 aliphatic heterocycles. The Bertz CT molecular complexity index is 216. The molecule has 2 fully saturated rings. The fourth-order valence-corrected chi connectivity index (χ4v) is 2.95. The van der Waals surface area contributed by atoms with E-state index in [1.165, 1.54) is 44.9 Å². The molecule has 0 aromatic rings. The van der Waals surface area contributed by atoms with Crippen LogP contribution in [0.4, 0.5) is 0 Å². The molecule has 106 valence electrons. The molecular formula is C15H29NO2. The molecule has 18 heavy (non-hydrogen) atoms. The van der Waals surface area contributed by atoms with Crippen LogP contribution in [0.5, 0.6) is 0 Å². The van der Waals surface area contributed by atoms with Crippen molar-refractivity contribution in [3.8, 4) is 0 Å². The van der Waals surface area contributed by atoms with Gasteiger partial charge in [0.05, 0.1) is 5.92 Å². The summed E-state index contributed by atoms with van der Waals surface area (Å²) in [7, 11) is 0. The van der Waals surface area contributed by atoms with Gasteiger partial charge >= 0.3 is 5.97 Å². The van der Waals surface area contributed by atoms with E-state index in [2.05, 4.69) is 12.2 Å². The Morgan fingerprint density at radius 1 is 1.11 bits per heavy atom. The van der Waals surface area contributed by atoms with Crippen molar-refractivity contribution >= 4 is 5.97 Å². The van der Waals surface area contributed by atoms with Crippen LogP contribution >= 0.6 is 0 Å². The Kier molecular flexibility index (Phi) is 8.06. The van der Waals surface area contributed by atoms with Crippen molar-refractivity contribution in [2.75, 3.05) is 13.1 Å². The molecule has 0 unspecified atom stereocenters. The average molecular weight is 255 g/mol. The number of hydrogen-bond donors (Lipinski definition) is 2. The van der Waals surface area contributed by atoms with Crippen LogP contribution in [0.25, 0.3) is 0 Å². The van der Waals surface area contributed by atoms with E-state index in [0.717, 1.165) is 31.8 Å². The van der Waals surface area contributed by atoms with E-state index in [0.29, 0.717) is 0 Å². The highest BCUT2D eigenvalue weighted by molar-refractivity contribution is 5.70. The Morgan fingerprint density at radius 3 is 2.17 bits per heavy atom. The second kappa shape index (κ2) is 9.37. The van der Waals surface area contributed by atoms with Crippen molar-refractivity contribution in [1.82, 2.24) is 5.32 Å².